The number of Topliss-reactive ketones (excluding diaryl/α,β-unsaturated/α-hetero) is 1. The van der Waals surface area contributed by atoms with Crippen LogP contribution < -0.4 is 4.90 Å². The Kier molecular flexibility index (Phi) is 4.85. The van der Waals surface area contributed by atoms with Gasteiger partial charge in [-0.05, 0) is 48.0 Å². The van der Waals surface area contributed by atoms with Gasteiger partial charge in [-0.15, -0.1) is 22.7 Å². The number of carbonyl (C=O) groups is 1. The molecule has 0 bridgehead atoms. The number of ketones is 1. The third-order valence-corrected chi connectivity index (χ3v) is 6.10. The van der Waals surface area contributed by atoms with Crippen molar-refractivity contribution in [1.82, 2.24) is 0 Å². The lowest BCUT2D eigenvalue weighted by molar-refractivity contribution is -0.113. The van der Waals surface area contributed by atoms with Gasteiger partial charge < -0.3 is 14.5 Å². The lowest BCUT2D eigenvalue weighted by atomic mass is 10.2. The molecule has 0 radical (unpaired) electrons. The molecule has 1 aromatic carbocycles. The normalized spacial score (nSPS) is 11.4. The van der Waals surface area contributed by atoms with Crippen LogP contribution in [0.4, 0.5) is 5.00 Å². The average Bonchev–Trinajstić information content (AvgIpc) is 3.17. The van der Waals surface area contributed by atoms with E-state index in [4.69, 9.17) is 13.1 Å². The van der Waals surface area contributed by atoms with Crippen LogP contribution in [0.5, 0.6) is 0 Å². The van der Waals surface area contributed by atoms with Crippen LogP contribution in [0.2, 0.25) is 0 Å². The monoisotopic (exact) mass is 365 g/mol. The van der Waals surface area contributed by atoms with Gasteiger partial charge in [0.05, 0.1) is 18.1 Å². The van der Waals surface area contributed by atoms with Gasteiger partial charge in [-0.25, -0.2) is 11.4 Å². The largest absolute Gasteiger partial charge is 0.359 e. The first-order chi connectivity index (χ1) is 12.0. The number of anilines is 1. The predicted molar refractivity (Wildman–Crippen MR) is 107 cm³/mol. The standard InChI is InChI=1S/C19H15N3OS2/c1-12(23)16(21-3)11-15-7-13-8-18-14(9-17(13)24-15)10-19(25-18)22(4)6-5-20-2/h7-11H,5-6H2,1,4H3/b16-11-. The minimum absolute atomic E-state index is 0.164. The molecule has 0 aliphatic carbocycles. The van der Waals surface area contributed by atoms with Gasteiger partial charge in [0.2, 0.25) is 12.2 Å². The topological polar surface area (TPSA) is 29.0 Å². The summed E-state index contributed by atoms with van der Waals surface area (Å²) in [6.45, 7) is 16.6. The average molecular weight is 365 g/mol. The lowest BCUT2D eigenvalue weighted by Gasteiger charge is -2.12. The molecule has 0 N–H and O–H groups in total. The second-order valence-corrected chi connectivity index (χ2v) is 7.84. The molecule has 4 nitrogen and oxygen atoms in total. The number of thiophene rings is 2. The fourth-order valence-corrected chi connectivity index (χ4v) is 4.61. The van der Waals surface area contributed by atoms with Gasteiger partial charge in [0.1, 0.15) is 0 Å². The molecule has 0 fully saturated rings. The maximum absolute atomic E-state index is 11.4. The van der Waals surface area contributed by atoms with Crippen LogP contribution >= 0.6 is 22.7 Å². The molecule has 2 aromatic heterocycles. The Bertz CT molecular complexity index is 1020. The summed E-state index contributed by atoms with van der Waals surface area (Å²) in [4.78, 5) is 21.2. The highest BCUT2D eigenvalue weighted by molar-refractivity contribution is 7.23. The Morgan fingerprint density at radius 2 is 1.84 bits per heavy atom. The fourth-order valence-electron chi connectivity index (χ4n) is 2.50. The molecule has 0 atom stereocenters. The van der Waals surface area contributed by atoms with Crippen molar-refractivity contribution in [3.05, 3.63) is 57.7 Å². The van der Waals surface area contributed by atoms with Crippen molar-refractivity contribution in [2.75, 3.05) is 25.0 Å². The zero-order valence-electron chi connectivity index (χ0n) is 13.9. The van der Waals surface area contributed by atoms with E-state index >= 15 is 0 Å². The van der Waals surface area contributed by atoms with E-state index in [1.54, 1.807) is 28.7 Å². The van der Waals surface area contributed by atoms with E-state index in [0.29, 0.717) is 6.54 Å². The molecular formula is C19H15N3OS2. The highest BCUT2D eigenvalue weighted by Gasteiger charge is 2.11. The van der Waals surface area contributed by atoms with Crippen LogP contribution in [0.25, 0.3) is 35.9 Å². The Labute approximate surface area is 154 Å². The van der Waals surface area contributed by atoms with Gasteiger partial charge in [-0.1, -0.05) is 0 Å². The summed E-state index contributed by atoms with van der Waals surface area (Å²) >= 11 is 3.30. The van der Waals surface area contributed by atoms with E-state index < -0.39 is 0 Å². The molecule has 2 heterocycles. The number of carbonyl (C=O) groups excluding carboxylic acids is 1. The van der Waals surface area contributed by atoms with E-state index in [0.717, 1.165) is 26.5 Å². The van der Waals surface area contributed by atoms with E-state index in [1.165, 1.54) is 17.0 Å². The number of hydrogen-bond donors (Lipinski definition) is 0. The smallest absolute Gasteiger partial charge is 0.231 e. The molecule has 0 spiro atoms. The molecule has 0 aliphatic rings. The second-order valence-electron chi connectivity index (χ2n) is 5.66. The summed E-state index contributed by atoms with van der Waals surface area (Å²) in [5, 5.41) is 3.45. The van der Waals surface area contributed by atoms with E-state index in [2.05, 4.69) is 32.8 Å². The molecule has 124 valence electrons. The zero-order valence-corrected chi connectivity index (χ0v) is 15.5. The van der Waals surface area contributed by atoms with Crippen molar-refractivity contribution < 1.29 is 4.79 Å². The van der Waals surface area contributed by atoms with Gasteiger partial charge in [-0.3, -0.25) is 0 Å². The van der Waals surface area contributed by atoms with Gasteiger partial charge in [0.15, 0.2) is 5.78 Å². The molecule has 25 heavy (non-hydrogen) atoms. The van der Waals surface area contributed by atoms with Crippen molar-refractivity contribution in [3.63, 3.8) is 0 Å². The van der Waals surface area contributed by atoms with Crippen LogP contribution in [0.15, 0.2) is 30.0 Å². The number of nitrogens with zero attached hydrogens (tertiary/aromatic N) is 3. The maximum atomic E-state index is 11.4. The van der Waals surface area contributed by atoms with Crippen LogP contribution in [-0.4, -0.2) is 25.9 Å². The first-order valence-electron chi connectivity index (χ1n) is 7.63. The number of benzene rings is 1. The molecule has 0 amide bonds. The van der Waals surface area contributed by atoms with E-state index in [-0.39, 0.29) is 11.5 Å². The third-order valence-electron chi connectivity index (χ3n) is 3.84. The van der Waals surface area contributed by atoms with Crippen molar-refractivity contribution >= 4 is 59.7 Å². The van der Waals surface area contributed by atoms with Gasteiger partial charge in [0.25, 0.3) is 0 Å². The first kappa shape index (κ1) is 17.2. The zero-order chi connectivity index (χ0) is 18.0. The molecule has 0 aliphatic heterocycles. The Morgan fingerprint density at radius 1 is 1.16 bits per heavy atom. The van der Waals surface area contributed by atoms with Gasteiger partial charge in [0, 0.05) is 21.3 Å². The van der Waals surface area contributed by atoms with E-state index in [1.807, 2.05) is 13.1 Å². The molecule has 0 saturated carbocycles. The summed E-state index contributed by atoms with van der Waals surface area (Å²) in [6, 6.07) is 8.48. The fraction of sp³-hybridized carbons (Fsp3) is 0.211. The minimum Gasteiger partial charge on any atom is -0.359 e. The molecule has 3 rings (SSSR count). The summed E-state index contributed by atoms with van der Waals surface area (Å²) in [5.41, 5.74) is 0.164. The Balaban J connectivity index is 1.99. The van der Waals surface area contributed by atoms with Crippen molar-refractivity contribution in [3.8, 4) is 0 Å². The minimum atomic E-state index is -0.208. The predicted octanol–water partition coefficient (Wildman–Crippen LogP) is 5.32. The van der Waals surface area contributed by atoms with E-state index in [9.17, 15) is 4.79 Å². The van der Waals surface area contributed by atoms with Crippen LogP contribution in [0.3, 0.4) is 0 Å². The van der Waals surface area contributed by atoms with Crippen molar-refractivity contribution in [1.29, 1.82) is 0 Å². The number of likely N-dealkylation sites (N-methyl/N-ethyl adjacent to an activating group) is 1. The summed E-state index contributed by atoms with van der Waals surface area (Å²) in [6.07, 6.45) is 1.66. The Hall–Kier alpha value is -2.67. The molecule has 0 saturated heterocycles. The Morgan fingerprint density at radius 3 is 2.48 bits per heavy atom. The SMILES string of the molecule is [C-]#[N+]CCN(C)c1cc2cc3sc(/C=C(\[N+]#[C-])C(C)=O)cc3cc2s1. The van der Waals surface area contributed by atoms with Crippen molar-refractivity contribution in [2.45, 2.75) is 6.92 Å². The lowest BCUT2D eigenvalue weighted by Crippen LogP contribution is -2.18. The highest BCUT2D eigenvalue weighted by atomic mass is 32.1. The van der Waals surface area contributed by atoms with Gasteiger partial charge >= 0.3 is 0 Å². The van der Waals surface area contributed by atoms with Crippen LogP contribution in [0.1, 0.15) is 11.8 Å². The number of hydrogen-bond acceptors (Lipinski definition) is 4. The number of allylic oxidation sites excluding steroid dienone is 1. The van der Waals surface area contributed by atoms with Crippen LogP contribution in [-0.2, 0) is 4.79 Å². The maximum Gasteiger partial charge on any atom is 0.231 e. The molecular weight excluding hydrogens is 350 g/mol. The second kappa shape index (κ2) is 7.06. The summed E-state index contributed by atoms with van der Waals surface area (Å²) < 4.78 is 2.34. The highest BCUT2D eigenvalue weighted by Crippen LogP contribution is 2.37. The molecule has 6 heteroatoms. The number of fused-ring (bicyclic) bond motifs is 2. The molecule has 3 aromatic rings. The first-order valence-corrected chi connectivity index (χ1v) is 9.26. The summed E-state index contributed by atoms with van der Waals surface area (Å²) in [7, 11) is 2.01. The number of rotatable bonds is 5. The summed E-state index contributed by atoms with van der Waals surface area (Å²) in [5.74, 6) is -0.208. The third kappa shape index (κ3) is 3.56. The van der Waals surface area contributed by atoms with Gasteiger partial charge in [-0.2, -0.15) is 0 Å². The quantitative estimate of drug-likeness (QED) is 0.452. The van der Waals surface area contributed by atoms with Crippen molar-refractivity contribution in [2.24, 2.45) is 0 Å². The molecule has 0 unspecified atom stereocenters. The van der Waals surface area contributed by atoms with Crippen LogP contribution in [0, 0.1) is 13.1 Å².